The molecule has 0 bridgehead atoms. The maximum atomic E-state index is 7.37. The van der Waals surface area contributed by atoms with Gasteiger partial charge >= 0.3 is 6.62 Å². The molecule has 4 aromatic carbocycles. The Hall–Kier alpha value is -3.72. The number of benzene rings is 4. The van der Waals surface area contributed by atoms with Gasteiger partial charge in [0, 0.05) is 32.4 Å². The molecule has 4 heterocycles. The molecule has 0 amide bonds. The molecule has 8 rings (SSSR count). The lowest BCUT2D eigenvalue weighted by atomic mass is 9.54. The lowest BCUT2D eigenvalue weighted by Gasteiger charge is -2.47. The smallest absolute Gasteiger partial charge is 0.598 e. The minimum atomic E-state index is -2.02. The SMILES string of the molecule is COc1ccc(SC2=[N+]3C(=C(c4ccccc4)c4cc(Br)c5n4[B@@-]3(c3ccccc3)Oc3ccccc3-5)C=C2Br)cc1. The number of aromatic nitrogens is 1. The molecule has 8 heteroatoms. The maximum Gasteiger partial charge on any atom is 0.598 e. The zero-order valence-corrected chi connectivity index (χ0v) is 26.5. The van der Waals surface area contributed by atoms with Gasteiger partial charge in [0.1, 0.15) is 5.75 Å². The number of thioether (sulfide) groups is 1. The molecule has 3 aliphatic heterocycles. The Balaban J connectivity index is 1.51. The van der Waals surface area contributed by atoms with Crippen LogP contribution >= 0.6 is 43.6 Å². The average molecular weight is 694 g/mol. The molecule has 0 unspecified atom stereocenters. The minimum absolute atomic E-state index is 0.832. The second-order valence-electron chi connectivity index (χ2n) is 10.4. The quantitative estimate of drug-likeness (QED) is 0.177. The summed E-state index contributed by atoms with van der Waals surface area (Å²) >= 11 is 9.69. The Labute approximate surface area is 265 Å². The number of hydrogen-bond donors (Lipinski definition) is 0. The highest BCUT2D eigenvalue weighted by Gasteiger charge is 2.59. The average Bonchev–Trinajstić information content (AvgIpc) is 3.55. The first-order chi connectivity index (χ1) is 20.6. The van der Waals surface area contributed by atoms with Gasteiger partial charge < -0.3 is 18.4 Å². The Kier molecular flexibility index (Phi) is 6.14. The number of methoxy groups -OCH3 is 1. The van der Waals surface area contributed by atoms with Crippen molar-refractivity contribution in [1.29, 1.82) is 0 Å². The highest BCUT2D eigenvalue weighted by Crippen LogP contribution is 2.51. The van der Waals surface area contributed by atoms with E-state index in [2.05, 4.69) is 144 Å². The summed E-state index contributed by atoms with van der Waals surface area (Å²) in [5, 5.41) is 1.06. The third-order valence-electron chi connectivity index (χ3n) is 8.15. The van der Waals surface area contributed by atoms with Gasteiger partial charge in [-0.15, -0.1) is 0 Å². The van der Waals surface area contributed by atoms with E-state index in [4.69, 9.17) is 9.39 Å². The van der Waals surface area contributed by atoms with Crippen molar-refractivity contribution in [1.82, 2.24) is 4.48 Å². The van der Waals surface area contributed by atoms with Crippen LogP contribution in [0, 0.1) is 0 Å². The van der Waals surface area contributed by atoms with Crippen molar-refractivity contribution in [3.63, 3.8) is 0 Å². The Morgan fingerprint density at radius 2 is 1.52 bits per heavy atom. The molecule has 42 heavy (non-hydrogen) atoms. The largest absolute Gasteiger partial charge is 0.635 e. The number of rotatable bonds is 4. The molecule has 1 atom stereocenters. The first-order valence-corrected chi connectivity index (χ1v) is 16.1. The molecule has 3 aliphatic rings. The summed E-state index contributed by atoms with van der Waals surface area (Å²) in [6, 6.07) is 40.1. The van der Waals surface area contributed by atoms with Crippen LogP contribution in [0.1, 0.15) is 11.3 Å². The second-order valence-corrected chi connectivity index (χ2v) is 13.2. The van der Waals surface area contributed by atoms with Gasteiger partial charge in [0.25, 0.3) is 0 Å². The fourth-order valence-corrected chi connectivity index (χ4v) is 8.71. The van der Waals surface area contributed by atoms with Crippen molar-refractivity contribution < 1.29 is 13.9 Å². The molecule has 0 saturated heterocycles. The van der Waals surface area contributed by atoms with E-state index in [0.29, 0.717) is 0 Å². The molecule has 0 spiro atoms. The number of allylic oxidation sites excluding steroid dienone is 1. The first kappa shape index (κ1) is 26.0. The highest BCUT2D eigenvalue weighted by molar-refractivity contribution is 9.12. The van der Waals surface area contributed by atoms with Crippen molar-refractivity contribution in [2.24, 2.45) is 0 Å². The predicted molar refractivity (Wildman–Crippen MR) is 179 cm³/mol. The van der Waals surface area contributed by atoms with Crippen LogP contribution in [0.25, 0.3) is 16.8 Å². The van der Waals surface area contributed by atoms with Gasteiger partial charge in [-0.05, 0) is 91.6 Å². The van der Waals surface area contributed by atoms with Crippen LogP contribution in [-0.2, 0) is 0 Å². The molecule has 204 valence electrons. The highest BCUT2D eigenvalue weighted by atomic mass is 79.9. The van der Waals surface area contributed by atoms with E-state index in [9.17, 15) is 0 Å². The summed E-state index contributed by atoms with van der Waals surface area (Å²) in [6.45, 7) is -2.02. The fraction of sp³-hybridized carbons (Fsp3) is 0.0294. The monoisotopic (exact) mass is 692 g/mol. The van der Waals surface area contributed by atoms with Crippen LogP contribution < -0.4 is 14.9 Å². The van der Waals surface area contributed by atoms with E-state index >= 15 is 0 Å². The van der Waals surface area contributed by atoms with Crippen LogP contribution in [0.4, 0.5) is 0 Å². The molecule has 5 aromatic rings. The van der Waals surface area contributed by atoms with Crippen LogP contribution in [0.3, 0.4) is 0 Å². The Morgan fingerprint density at radius 3 is 2.26 bits per heavy atom. The molecule has 0 saturated carbocycles. The lowest BCUT2D eigenvalue weighted by molar-refractivity contribution is -0.344. The van der Waals surface area contributed by atoms with Crippen molar-refractivity contribution in [2.75, 3.05) is 7.11 Å². The number of hydrogen-bond acceptors (Lipinski definition) is 3. The molecule has 1 aromatic heterocycles. The molecular weight excluding hydrogens is 671 g/mol. The molecule has 4 nitrogen and oxygen atoms in total. The summed E-state index contributed by atoms with van der Waals surface area (Å²) in [7, 11) is 1.69. The standard InChI is InChI=1S/C34H23BBr2N2O2S/c1-40-24-16-18-25(19-17-24)42-34-28(37)21-30-32(22-10-4-2-5-11-22)29-20-27(36)33-26-14-8-9-15-31(26)41-35(38(29)33,39(30)34)23-12-6-3-7-13-23/h2-21H,1H3/t35-/m1/s1. The maximum absolute atomic E-state index is 7.37. The van der Waals surface area contributed by atoms with E-state index < -0.39 is 6.62 Å². The van der Waals surface area contributed by atoms with Crippen LogP contribution in [0.2, 0.25) is 0 Å². The molecule has 0 aliphatic carbocycles. The fourth-order valence-electron chi connectivity index (χ4n) is 6.44. The van der Waals surface area contributed by atoms with Gasteiger partial charge in [-0.25, -0.2) is 0 Å². The van der Waals surface area contributed by atoms with Gasteiger partial charge in [0.15, 0.2) is 5.70 Å². The molecular formula is C34H23BBr2N2O2S. The van der Waals surface area contributed by atoms with Crippen molar-refractivity contribution in [3.8, 4) is 22.8 Å². The van der Waals surface area contributed by atoms with Gasteiger partial charge in [-0.3, -0.25) is 0 Å². The first-order valence-electron chi connectivity index (χ1n) is 13.7. The van der Waals surface area contributed by atoms with Gasteiger partial charge in [0.05, 0.1) is 22.9 Å². The van der Waals surface area contributed by atoms with Gasteiger partial charge in [-0.2, -0.15) is 0 Å². The summed E-state index contributed by atoms with van der Waals surface area (Å²) in [5.41, 5.74) is 7.77. The van der Waals surface area contributed by atoms with E-state index in [-0.39, 0.29) is 0 Å². The summed E-state index contributed by atoms with van der Waals surface area (Å²) in [6.07, 6.45) is 2.24. The van der Waals surface area contributed by atoms with Crippen molar-refractivity contribution >= 4 is 66.3 Å². The normalized spacial score (nSPS) is 18.2. The zero-order chi connectivity index (χ0) is 28.4. The van der Waals surface area contributed by atoms with Gasteiger partial charge in [-0.1, -0.05) is 78.3 Å². The van der Waals surface area contributed by atoms with E-state index in [1.165, 1.54) is 0 Å². The van der Waals surface area contributed by atoms with Gasteiger partial charge in [0.2, 0.25) is 5.04 Å². The van der Waals surface area contributed by atoms with Crippen LogP contribution in [-0.4, -0.2) is 27.7 Å². The molecule has 0 radical (unpaired) electrons. The number of halogens is 2. The topological polar surface area (TPSA) is 26.4 Å². The molecule has 0 fully saturated rings. The number of fused-ring (bicyclic) bond motifs is 4. The third-order valence-corrected chi connectivity index (χ3v) is 10.7. The van der Waals surface area contributed by atoms with E-state index in [1.807, 2.05) is 18.2 Å². The number of ether oxygens (including phenoxy) is 1. The second kappa shape index (κ2) is 9.94. The number of nitrogens with zero attached hydrogens (tertiary/aromatic N) is 2. The zero-order valence-electron chi connectivity index (χ0n) is 22.5. The Morgan fingerprint density at radius 1 is 0.833 bits per heavy atom. The number of para-hydroxylation sites is 1. The van der Waals surface area contributed by atoms with Crippen LogP contribution in [0.5, 0.6) is 11.5 Å². The van der Waals surface area contributed by atoms with Crippen molar-refractivity contribution in [3.05, 3.63) is 147 Å². The Bertz CT molecular complexity index is 1990. The van der Waals surface area contributed by atoms with E-state index in [1.54, 1.807) is 18.9 Å². The predicted octanol–water partition coefficient (Wildman–Crippen LogP) is 8.28. The summed E-state index contributed by atoms with van der Waals surface area (Å²) in [4.78, 5) is 1.11. The molecule has 0 N–H and O–H groups in total. The minimum Gasteiger partial charge on any atom is -0.635 e. The van der Waals surface area contributed by atoms with Crippen LogP contribution in [0.15, 0.2) is 141 Å². The third kappa shape index (κ3) is 3.71. The summed E-state index contributed by atoms with van der Waals surface area (Å²) < 4.78 is 19.7. The summed E-state index contributed by atoms with van der Waals surface area (Å²) in [5.74, 6) is 1.69. The van der Waals surface area contributed by atoms with Crippen molar-refractivity contribution in [2.45, 2.75) is 4.90 Å². The van der Waals surface area contributed by atoms with E-state index in [0.717, 1.165) is 69.6 Å². The lowest BCUT2D eigenvalue weighted by Crippen LogP contribution is -2.71.